The summed E-state index contributed by atoms with van der Waals surface area (Å²) in [6, 6.07) is 15.7. The minimum Gasteiger partial charge on any atom is -0.345 e. The standard InChI is InChI=1S/C32H40N4O3/c1-33(22-23-12-11-20-34-19-10-8-16-27(23)34)29(37)18-3-2-9-21-35-30-24-13-4-5-14-25(24)32(39)36(30)28-17-7-6-15-26(28)31(35)38/h4-7,13-15,17,23,27,30H,2-3,8-12,16,18-22H2,1H3/t23-,27+,30+/m0/s1. The van der Waals surface area contributed by atoms with Crippen LogP contribution in [0, 0.1) is 5.92 Å². The number of unbranched alkanes of at least 4 members (excludes halogenated alkanes) is 2. The summed E-state index contributed by atoms with van der Waals surface area (Å²) >= 11 is 0. The third-order valence-corrected chi connectivity index (χ3v) is 9.34. The number of fused-ring (bicyclic) bond motifs is 6. The van der Waals surface area contributed by atoms with E-state index in [2.05, 4.69) is 4.90 Å². The molecule has 3 atom stereocenters. The van der Waals surface area contributed by atoms with E-state index in [9.17, 15) is 14.4 Å². The van der Waals surface area contributed by atoms with Crippen LogP contribution < -0.4 is 4.90 Å². The second kappa shape index (κ2) is 11.1. The summed E-state index contributed by atoms with van der Waals surface area (Å²) in [4.78, 5) is 48.1. The maximum absolute atomic E-state index is 13.6. The Labute approximate surface area is 231 Å². The Kier molecular flexibility index (Phi) is 7.43. The lowest BCUT2D eigenvalue weighted by atomic mass is 9.83. The molecule has 0 spiro atoms. The van der Waals surface area contributed by atoms with E-state index in [4.69, 9.17) is 0 Å². The largest absolute Gasteiger partial charge is 0.345 e. The molecule has 4 aliphatic heterocycles. The minimum absolute atomic E-state index is 0.0311. The van der Waals surface area contributed by atoms with Crippen molar-refractivity contribution in [2.45, 2.75) is 70.0 Å². The number of amides is 3. The van der Waals surface area contributed by atoms with Gasteiger partial charge in [0.15, 0.2) is 0 Å². The van der Waals surface area contributed by atoms with E-state index in [1.807, 2.05) is 65.4 Å². The first-order chi connectivity index (χ1) is 19.0. The molecule has 2 saturated heterocycles. The van der Waals surface area contributed by atoms with Gasteiger partial charge in [0.1, 0.15) is 6.17 Å². The highest BCUT2D eigenvalue weighted by Crippen LogP contribution is 2.45. The van der Waals surface area contributed by atoms with Gasteiger partial charge in [0, 0.05) is 43.7 Å². The van der Waals surface area contributed by atoms with Crippen LogP contribution in [0.4, 0.5) is 5.69 Å². The van der Waals surface area contributed by atoms with Crippen molar-refractivity contribution in [3.63, 3.8) is 0 Å². The lowest BCUT2D eigenvalue weighted by Gasteiger charge is -2.45. The van der Waals surface area contributed by atoms with E-state index in [1.54, 1.807) is 4.90 Å². The maximum atomic E-state index is 13.6. The molecule has 7 heteroatoms. The van der Waals surface area contributed by atoms with E-state index < -0.39 is 6.17 Å². The fourth-order valence-corrected chi connectivity index (χ4v) is 7.37. The molecule has 0 unspecified atom stereocenters. The fraction of sp³-hybridized carbons (Fsp3) is 0.531. The second-order valence-corrected chi connectivity index (χ2v) is 11.7. The topological polar surface area (TPSA) is 64.2 Å². The van der Waals surface area contributed by atoms with Crippen molar-refractivity contribution in [2.75, 3.05) is 38.1 Å². The van der Waals surface area contributed by atoms with E-state index >= 15 is 0 Å². The van der Waals surface area contributed by atoms with Crippen LogP contribution in [0.1, 0.15) is 90.2 Å². The van der Waals surface area contributed by atoms with Gasteiger partial charge < -0.3 is 14.7 Å². The molecule has 0 N–H and O–H groups in total. The van der Waals surface area contributed by atoms with Crippen LogP contribution in [0.15, 0.2) is 48.5 Å². The number of piperidine rings is 2. The lowest BCUT2D eigenvalue weighted by Crippen LogP contribution is -2.51. The van der Waals surface area contributed by atoms with E-state index in [0.29, 0.717) is 41.7 Å². The summed E-state index contributed by atoms with van der Waals surface area (Å²) in [6.45, 7) is 3.87. The molecule has 2 fully saturated rings. The van der Waals surface area contributed by atoms with Gasteiger partial charge in [0.25, 0.3) is 11.8 Å². The molecule has 2 aromatic carbocycles. The molecule has 2 aromatic rings. The number of para-hydroxylation sites is 1. The average molecular weight is 529 g/mol. The van der Waals surface area contributed by atoms with Crippen LogP contribution in [0.3, 0.4) is 0 Å². The number of benzene rings is 2. The van der Waals surface area contributed by atoms with Gasteiger partial charge in [0.05, 0.1) is 11.3 Å². The fourth-order valence-electron chi connectivity index (χ4n) is 7.37. The Morgan fingerprint density at radius 2 is 1.64 bits per heavy atom. The highest BCUT2D eigenvalue weighted by atomic mass is 16.2. The Morgan fingerprint density at radius 1 is 0.872 bits per heavy atom. The number of anilines is 1. The number of hydrogen-bond donors (Lipinski definition) is 0. The maximum Gasteiger partial charge on any atom is 0.260 e. The third-order valence-electron chi connectivity index (χ3n) is 9.34. The molecule has 6 rings (SSSR count). The molecule has 0 aliphatic carbocycles. The first kappa shape index (κ1) is 26.1. The van der Waals surface area contributed by atoms with Gasteiger partial charge in [-0.1, -0.05) is 43.2 Å². The summed E-state index contributed by atoms with van der Waals surface area (Å²) in [5, 5.41) is 0. The highest BCUT2D eigenvalue weighted by molar-refractivity contribution is 6.16. The second-order valence-electron chi connectivity index (χ2n) is 11.7. The SMILES string of the molecule is CN(C[C@@H]1CCCN2CCCC[C@H]12)C(=O)CCCCCN1C(=O)c2ccccc2N2C(=O)c3ccccc3[C@H]12. The molecule has 0 bridgehead atoms. The van der Waals surface area contributed by atoms with Gasteiger partial charge in [-0.05, 0) is 75.7 Å². The molecule has 4 heterocycles. The predicted octanol–water partition coefficient (Wildman–Crippen LogP) is 5.08. The van der Waals surface area contributed by atoms with Gasteiger partial charge in [-0.2, -0.15) is 0 Å². The Hall–Kier alpha value is -3.19. The van der Waals surface area contributed by atoms with E-state index in [0.717, 1.165) is 31.4 Å². The van der Waals surface area contributed by atoms with Gasteiger partial charge in [-0.15, -0.1) is 0 Å². The molecular weight excluding hydrogens is 488 g/mol. The van der Waals surface area contributed by atoms with Crippen molar-refractivity contribution in [3.8, 4) is 0 Å². The number of carbonyl (C=O) groups excluding carboxylic acids is 3. The van der Waals surface area contributed by atoms with Crippen LogP contribution in [-0.2, 0) is 4.79 Å². The monoisotopic (exact) mass is 528 g/mol. The van der Waals surface area contributed by atoms with Crippen molar-refractivity contribution in [3.05, 3.63) is 65.2 Å². The molecule has 7 nitrogen and oxygen atoms in total. The number of nitrogens with zero attached hydrogens (tertiary/aromatic N) is 4. The molecule has 0 aromatic heterocycles. The smallest absolute Gasteiger partial charge is 0.260 e. The highest BCUT2D eigenvalue weighted by Gasteiger charge is 2.47. The third kappa shape index (κ3) is 4.86. The van der Waals surface area contributed by atoms with E-state index in [-0.39, 0.29) is 17.7 Å². The quantitative estimate of drug-likeness (QED) is 0.448. The molecule has 0 radical (unpaired) electrons. The number of hydrogen-bond acceptors (Lipinski definition) is 4. The first-order valence-electron chi connectivity index (χ1n) is 14.8. The Morgan fingerprint density at radius 3 is 2.51 bits per heavy atom. The Bertz CT molecular complexity index is 1240. The summed E-state index contributed by atoms with van der Waals surface area (Å²) in [7, 11) is 1.97. The first-order valence-corrected chi connectivity index (χ1v) is 14.8. The lowest BCUT2D eigenvalue weighted by molar-refractivity contribution is -0.131. The van der Waals surface area contributed by atoms with Crippen LogP contribution in [0.25, 0.3) is 0 Å². The zero-order chi connectivity index (χ0) is 26.9. The zero-order valence-electron chi connectivity index (χ0n) is 23.1. The van der Waals surface area contributed by atoms with Crippen molar-refractivity contribution in [2.24, 2.45) is 5.92 Å². The molecule has 206 valence electrons. The van der Waals surface area contributed by atoms with Crippen LogP contribution >= 0.6 is 0 Å². The van der Waals surface area contributed by atoms with Gasteiger partial charge in [0.2, 0.25) is 5.91 Å². The molecule has 39 heavy (non-hydrogen) atoms. The summed E-state index contributed by atoms with van der Waals surface area (Å²) in [5.74, 6) is 0.744. The minimum atomic E-state index is -0.404. The van der Waals surface area contributed by atoms with Crippen molar-refractivity contribution in [1.82, 2.24) is 14.7 Å². The molecule has 4 aliphatic rings. The zero-order valence-corrected chi connectivity index (χ0v) is 23.1. The molecule has 0 saturated carbocycles. The molecule has 3 amide bonds. The number of rotatable bonds is 8. The normalized spacial score (nSPS) is 24.2. The van der Waals surface area contributed by atoms with Gasteiger partial charge >= 0.3 is 0 Å². The van der Waals surface area contributed by atoms with E-state index in [1.165, 1.54) is 45.2 Å². The van der Waals surface area contributed by atoms with Crippen molar-refractivity contribution < 1.29 is 14.4 Å². The summed E-state index contributed by atoms with van der Waals surface area (Å²) in [6.07, 6.45) is 9.01. The summed E-state index contributed by atoms with van der Waals surface area (Å²) in [5.41, 5.74) is 2.82. The van der Waals surface area contributed by atoms with Crippen LogP contribution in [-0.4, -0.2) is 71.7 Å². The van der Waals surface area contributed by atoms with Crippen molar-refractivity contribution >= 4 is 23.4 Å². The van der Waals surface area contributed by atoms with Gasteiger partial charge in [-0.25, -0.2) is 0 Å². The Balaban J connectivity index is 1.04. The van der Waals surface area contributed by atoms with Crippen LogP contribution in [0.2, 0.25) is 0 Å². The number of carbonyl (C=O) groups is 3. The van der Waals surface area contributed by atoms with Crippen molar-refractivity contribution in [1.29, 1.82) is 0 Å². The summed E-state index contributed by atoms with van der Waals surface area (Å²) < 4.78 is 0. The molecular formula is C32H40N4O3. The predicted molar refractivity (Wildman–Crippen MR) is 152 cm³/mol. The van der Waals surface area contributed by atoms with Crippen LogP contribution in [0.5, 0.6) is 0 Å². The van der Waals surface area contributed by atoms with Gasteiger partial charge in [-0.3, -0.25) is 19.3 Å². The average Bonchev–Trinajstić information content (AvgIpc) is 3.27.